The van der Waals surface area contributed by atoms with Crippen LogP contribution in [-0.4, -0.2) is 47.5 Å². The highest BCUT2D eigenvalue weighted by Crippen LogP contribution is 2.48. The molecule has 0 saturated carbocycles. The van der Waals surface area contributed by atoms with Crippen LogP contribution in [0.3, 0.4) is 0 Å². The molecule has 22 heavy (non-hydrogen) atoms. The molecule has 3 rings (SSSR count). The molecule has 1 aromatic carbocycles. The second kappa shape index (κ2) is 5.83. The van der Waals surface area contributed by atoms with Gasteiger partial charge in [0.1, 0.15) is 0 Å². The van der Waals surface area contributed by atoms with Crippen molar-refractivity contribution < 1.29 is 13.2 Å². The van der Waals surface area contributed by atoms with E-state index in [-0.39, 0.29) is 17.8 Å². The number of halogens is 2. The lowest BCUT2D eigenvalue weighted by Gasteiger charge is -2.24. The van der Waals surface area contributed by atoms with E-state index in [0.29, 0.717) is 22.3 Å². The molecule has 1 aromatic rings. The van der Waals surface area contributed by atoms with Crippen molar-refractivity contribution in [3.63, 3.8) is 0 Å². The molecule has 1 spiro atoms. The Morgan fingerprint density at radius 3 is 2.73 bits per heavy atom. The summed E-state index contributed by atoms with van der Waals surface area (Å²) in [7, 11) is -1.96. The lowest BCUT2D eigenvalue weighted by molar-refractivity contribution is 0.217. The van der Waals surface area contributed by atoms with Crippen LogP contribution in [0.5, 0.6) is 0 Å². The molecule has 0 aromatic heterocycles. The van der Waals surface area contributed by atoms with Gasteiger partial charge in [0, 0.05) is 25.6 Å². The predicted molar refractivity (Wildman–Crippen MR) is 88.6 cm³/mol. The number of sulfonamides is 1. The molecule has 1 N–H and O–H groups in total. The number of methoxy groups -OCH3 is 1. The lowest BCUT2D eigenvalue weighted by atomic mass is 9.82. The quantitative estimate of drug-likeness (QED) is 0.887. The van der Waals surface area contributed by atoms with Gasteiger partial charge in [-0.15, -0.1) is 0 Å². The third kappa shape index (κ3) is 2.61. The highest BCUT2D eigenvalue weighted by atomic mass is 35.5. The average molecular weight is 365 g/mol. The Kier molecular flexibility index (Phi) is 4.33. The molecule has 0 amide bonds. The second-order valence-electron chi connectivity index (χ2n) is 5.81. The van der Waals surface area contributed by atoms with Gasteiger partial charge in [-0.25, -0.2) is 8.42 Å². The Hall–Kier alpha value is -0.530. The van der Waals surface area contributed by atoms with Gasteiger partial charge in [-0.2, -0.15) is 0 Å². The normalized spacial score (nSPS) is 24.2. The molecule has 0 radical (unpaired) electrons. The maximum atomic E-state index is 12.6. The molecule has 1 fully saturated rings. The number of ether oxygens (including phenoxy) is 1. The summed E-state index contributed by atoms with van der Waals surface area (Å²) < 4.78 is 31.7. The van der Waals surface area contributed by atoms with Gasteiger partial charge in [-0.05, 0) is 30.7 Å². The first-order valence-corrected chi connectivity index (χ1v) is 9.46. The molecular weight excluding hydrogens is 347 g/mol. The van der Waals surface area contributed by atoms with Crippen molar-refractivity contribution in [2.75, 3.05) is 43.4 Å². The van der Waals surface area contributed by atoms with Crippen molar-refractivity contribution in [3.8, 4) is 0 Å². The van der Waals surface area contributed by atoms with Crippen molar-refractivity contribution in [1.29, 1.82) is 0 Å². The number of anilines is 1. The highest BCUT2D eigenvalue weighted by molar-refractivity contribution is 7.92. The minimum Gasteiger partial charge on any atom is -0.384 e. The molecule has 8 heteroatoms. The number of rotatable bonds is 4. The fourth-order valence-electron chi connectivity index (χ4n) is 3.27. The Labute approximate surface area is 140 Å². The Bertz CT molecular complexity index is 688. The fourth-order valence-corrected chi connectivity index (χ4v) is 5.08. The number of hydrogen-bond acceptors (Lipinski definition) is 4. The number of benzene rings is 1. The topological polar surface area (TPSA) is 58.6 Å². The molecule has 0 unspecified atom stereocenters. The summed E-state index contributed by atoms with van der Waals surface area (Å²) in [6.45, 7) is 2.21. The van der Waals surface area contributed by atoms with Crippen LogP contribution in [0.1, 0.15) is 12.0 Å². The van der Waals surface area contributed by atoms with Crippen molar-refractivity contribution in [2.24, 2.45) is 0 Å². The van der Waals surface area contributed by atoms with Gasteiger partial charge in [-0.3, -0.25) is 4.31 Å². The first-order chi connectivity index (χ1) is 10.4. The first-order valence-electron chi connectivity index (χ1n) is 7.09. The molecule has 1 saturated heterocycles. The molecule has 0 bridgehead atoms. The first kappa shape index (κ1) is 16.3. The van der Waals surface area contributed by atoms with Crippen LogP contribution in [0, 0.1) is 0 Å². The monoisotopic (exact) mass is 364 g/mol. The van der Waals surface area contributed by atoms with Gasteiger partial charge in [0.25, 0.3) is 0 Å². The third-order valence-corrected chi connectivity index (χ3v) is 6.85. The van der Waals surface area contributed by atoms with E-state index in [0.717, 1.165) is 25.1 Å². The number of hydrogen-bond donors (Lipinski definition) is 1. The number of nitrogens with one attached hydrogen (secondary N) is 1. The highest BCUT2D eigenvalue weighted by Gasteiger charge is 2.48. The molecule has 0 aliphatic carbocycles. The van der Waals surface area contributed by atoms with E-state index in [4.69, 9.17) is 27.9 Å². The summed E-state index contributed by atoms with van der Waals surface area (Å²) in [5.41, 5.74) is 1.39. The van der Waals surface area contributed by atoms with E-state index in [2.05, 4.69) is 5.32 Å². The van der Waals surface area contributed by atoms with Gasteiger partial charge in [0.2, 0.25) is 10.0 Å². The zero-order valence-corrected chi connectivity index (χ0v) is 14.6. The van der Waals surface area contributed by atoms with Crippen LogP contribution < -0.4 is 9.62 Å². The van der Waals surface area contributed by atoms with Crippen molar-refractivity contribution in [2.45, 2.75) is 11.8 Å². The van der Waals surface area contributed by atoms with E-state index >= 15 is 0 Å². The van der Waals surface area contributed by atoms with Crippen LogP contribution in [0.15, 0.2) is 12.1 Å². The average Bonchev–Trinajstić information content (AvgIpc) is 3.06. The van der Waals surface area contributed by atoms with Gasteiger partial charge in [0.15, 0.2) is 0 Å². The third-order valence-electron chi connectivity index (χ3n) is 4.45. The number of fused-ring (bicyclic) bond motifs is 2. The summed E-state index contributed by atoms with van der Waals surface area (Å²) in [4.78, 5) is 0. The van der Waals surface area contributed by atoms with E-state index in [1.54, 1.807) is 6.07 Å². The van der Waals surface area contributed by atoms with Crippen LogP contribution >= 0.6 is 23.2 Å². The fraction of sp³-hybridized carbons (Fsp3) is 0.571. The maximum absolute atomic E-state index is 12.6. The standard InChI is InChI=1S/C14H18Cl2N2O3S/c1-21-4-5-22(19,20)18-9-14(2-3-17-8-14)10-6-11(15)12(16)7-13(10)18/h6-7,17H,2-5,8-9H2,1H3/t14-/m0/s1. The molecule has 2 aliphatic rings. The van der Waals surface area contributed by atoms with Gasteiger partial charge in [-0.1, -0.05) is 23.2 Å². The lowest BCUT2D eigenvalue weighted by Crippen LogP contribution is -2.39. The second-order valence-corrected chi connectivity index (χ2v) is 8.63. The van der Waals surface area contributed by atoms with Crippen LogP contribution in [0.4, 0.5) is 5.69 Å². The van der Waals surface area contributed by atoms with E-state index < -0.39 is 10.0 Å². The Morgan fingerprint density at radius 2 is 2.09 bits per heavy atom. The summed E-state index contributed by atoms with van der Waals surface area (Å²) >= 11 is 12.3. The number of nitrogens with zero attached hydrogens (tertiary/aromatic N) is 1. The van der Waals surface area contributed by atoms with Crippen molar-refractivity contribution in [1.82, 2.24) is 5.32 Å². The molecule has 122 valence electrons. The molecule has 5 nitrogen and oxygen atoms in total. The SMILES string of the molecule is COCCS(=O)(=O)N1C[C@@]2(CCNC2)c2cc(Cl)c(Cl)cc21. The zero-order valence-electron chi connectivity index (χ0n) is 12.2. The van der Waals surface area contributed by atoms with Gasteiger partial charge < -0.3 is 10.1 Å². The summed E-state index contributed by atoms with van der Waals surface area (Å²) in [5.74, 6) is -0.0489. The Balaban J connectivity index is 2.08. The van der Waals surface area contributed by atoms with Crippen LogP contribution in [0.25, 0.3) is 0 Å². The molecule has 2 aliphatic heterocycles. The zero-order chi connectivity index (χ0) is 16.0. The summed E-state index contributed by atoms with van der Waals surface area (Å²) in [6.07, 6.45) is 0.883. The minimum absolute atomic E-state index is 0.0489. The van der Waals surface area contributed by atoms with Crippen LogP contribution in [0.2, 0.25) is 10.0 Å². The van der Waals surface area contributed by atoms with E-state index in [9.17, 15) is 8.42 Å². The maximum Gasteiger partial charge on any atom is 0.237 e. The largest absolute Gasteiger partial charge is 0.384 e. The van der Waals surface area contributed by atoms with E-state index in [1.807, 2.05) is 6.07 Å². The van der Waals surface area contributed by atoms with E-state index in [1.165, 1.54) is 11.4 Å². The minimum atomic E-state index is -3.45. The van der Waals surface area contributed by atoms with Crippen molar-refractivity contribution >= 4 is 38.9 Å². The van der Waals surface area contributed by atoms with Crippen molar-refractivity contribution in [3.05, 3.63) is 27.7 Å². The Morgan fingerprint density at radius 1 is 1.36 bits per heavy atom. The molecular formula is C14H18Cl2N2O3S. The van der Waals surface area contributed by atoms with Crippen LogP contribution in [-0.2, 0) is 20.2 Å². The van der Waals surface area contributed by atoms with Gasteiger partial charge >= 0.3 is 0 Å². The summed E-state index contributed by atoms with van der Waals surface area (Å²) in [6, 6.07) is 3.48. The molecule has 1 atom stereocenters. The summed E-state index contributed by atoms with van der Waals surface area (Å²) in [5, 5.41) is 4.15. The van der Waals surface area contributed by atoms with Gasteiger partial charge in [0.05, 0.1) is 28.1 Å². The predicted octanol–water partition coefficient (Wildman–Crippen LogP) is 2.02. The smallest absolute Gasteiger partial charge is 0.237 e. The molecule has 2 heterocycles.